The van der Waals surface area contributed by atoms with E-state index in [1.54, 1.807) is 25.1 Å². The number of allylic oxidation sites excluding steroid dienone is 1. The van der Waals surface area contributed by atoms with Crippen LogP contribution in [0.25, 0.3) is 11.6 Å². The summed E-state index contributed by atoms with van der Waals surface area (Å²) in [4.78, 5) is 14.2. The van der Waals surface area contributed by atoms with E-state index in [2.05, 4.69) is 21.0 Å². The van der Waals surface area contributed by atoms with Gasteiger partial charge in [0, 0.05) is 19.7 Å². The van der Waals surface area contributed by atoms with Gasteiger partial charge in [-0.15, -0.1) is 0 Å². The molecule has 3 rings (SSSR count). The predicted octanol–water partition coefficient (Wildman–Crippen LogP) is 3.16. The molecule has 0 aliphatic carbocycles. The number of anilines is 2. The molecule has 0 aliphatic heterocycles. The van der Waals surface area contributed by atoms with Gasteiger partial charge < -0.3 is 15.4 Å². The number of benzene rings is 2. The maximum absolute atomic E-state index is 9.65. The van der Waals surface area contributed by atoms with Crippen LogP contribution >= 0.6 is 0 Å². The molecule has 0 saturated heterocycles. The van der Waals surface area contributed by atoms with E-state index in [9.17, 15) is 5.26 Å². The minimum absolute atomic E-state index is 0.0588. The van der Waals surface area contributed by atoms with Crippen LogP contribution in [0.5, 0.6) is 5.75 Å². The Morgan fingerprint density at radius 2 is 1.79 bits per heavy atom. The van der Waals surface area contributed by atoms with Crippen molar-refractivity contribution in [2.75, 3.05) is 24.7 Å². The normalized spacial score (nSPS) is 11.0. The highest BCUT2D eigenvalue weighted by atomic mass is 16.5. The van der Waals surface area contributed by atoms with E-state index < -0.39 is 0 Å². The Morgan fingerprint density at radius 1 is 1.07 bits per heavy atom. The number of nitrogen functional groups attached to an aromatic ring is 1. The third kappa shape index (κ3) is 4.62. The van der Waals surface area contributed by atoms with Crippen molar-refractivity contribution in [3.63, 3.8) is 0 Å². The van der Waals surface area contributed by atoms with Crippen LogP contribution < -0.4 is 15.4 Å². The second kappa shape index (κ2) is 8.64. The number of nitrogens with zero attached hydrogens (tertiary/aromatic N) is 5. The van der Waals surface area contributed by atoms with Gasteiger partial charge in [0.1, 0.15) is 18.4 Å². The second-order valence-electron chi connectivity index (χ2n) is 6.19. The first kappa shape index (κ1) is 18.9. The van der Waals surface area contributed by atoms with Crippen LogP contribution in [-0.4, -0.2) is 29.0 Å². The fourth-order valence-electron chi connectivity index (χ4n) is 2.47. The molecule has 0 unspecified atom stereocenters. The Bertz CT molecular complexity index is 1020. The van der Waals surface area contributed by atoms with Gasteiger partial charge in [-0.1, -0.05) is 48.5 Å². The van der Waals surface area contributed by atoms with Gasteiger partial charge in [0.2, 0.25) is 11.9 Å². The van der Waals surface area contributed by atoms with Crippen LogP contribution in [0, 0.1) is 11.3 Å². The number of nitrogens with two attached hydrogens (primary N) is 1. The molecule has 0 radical (unpaired) electrons. The molecule has 1 aromatic heterocycles. The van der Waals surface area contributed by atoms with Crippen LogP contribution in [0.3, 0.4) is 0 Å². The molecular weight excluding hydrogens is 352 g/mol. The molecule has 140 valence electrons. The molecule has 0 bridgehead atoms. The number of ether oxygens (including phenoxy) is 1. The highest BCUT2D eigenvalue weighted by Crippen LogP contribution is 2.25. The van der Waals surface area contributed by atoms with Gasteiger partial charge in [0.05, 0.1) is 5.57 Å². The Kier molecular flexibility index (Phi) is 5.82. The predicted molar refractivity (Wildman–Crippen MR) is 109 cm³/mol. The first-order valence-corrected chi connectivity index (χ1v) is 8.63. The highest BCUT2D eigenvalue weighted by molar-refractivity contribution is 5.88. The Hall–Kier alpha value is -3.92. The minimum Gasteiger partial charge on any atom is -0.488 e. The zero-order chi connectivity index (χ0) is 19.9. The zero-order valence-corrected chi connectivity index (χ0v) is 15.7. The van der Waals surface area contributed by atoms with Crippen molar-refractivity contribution in [1.82, 2.24) is 15.0 Å². The average molecular weight is 372 g/mol. The lowest BCUT2D eigenvalue weighted by Crippen LogP contribution is -2.15. The van der Waals surface area contributed by atoms with E-state index in [-0.39, 0.29) is 17.3 Å². The van der Waals surface area contributed by atoms with Gasteiger partial charge in [0.15, 0.2) is 5.82 Å². The maximum atomic E-state index is 9.65. The molecule has 0 fully saturated rings. The summed E-state index contributed by atoms with van der Waals surface area (Å²) in [5, 5.41) is 9.65. The SMILES string of the molecule is CN(C)c1nc(N)nc(/C(C#N)=C/c2ccccc2OCc2ccccc2)n1. The molecule has 0 amide bonds. The van der Waals surface area contributed by atoms with Gasteiger partial charge in [-0.25, -0.2) is 0 Å². The van der Waals surface area contributed by atoms with E-state index in [0.29, 0.717) is 18.3 Å². The quantitative estimate of drug-likeness (QED) is 0.663. The average Bonchev–Trinajstić information content (AvgIpc) is 2.71. The van der Waals surface area contributed by atoms with Gasteiger partial charge >= 0.3 is 0 Å². The van der Waals surface area contributed by atoms with E-state index in [4.69, 9.17) is 10.5 Å². The summed E-state index contributed by atoms with van der Waals surface area (Å²) in [6.45, 7) is 0.428. The smallest absolute Gasteiger partial charge is 0.230 e. The van der Waals surface area contributed by atoms with Gasteiger partial charge in [-0.05, 0) is 17.7 Å². The van der Waals surface area contributed by atoms with Crippen molar-refractivity contribution < 1.29 is 4.74 Å². The van der Waals surface area contributed by atoms with Gasteiger partial charge in [-0.2, -0.15) is 20.2 Å². The number of rotatable bonds is 6. The van der Waals surface area contributed by atoms with E-state index >= 15 is 0 Å². The summed E-state index contributed by atoms with van der Waals surface area (Å²) in [5.41, 5.74) is 7.85. The fraction of sp³-hybridized carbons (Fsp3) is 0.143. The molecule has 0 atom stereocenters. The van der Waals surface area contributed by atoms with Crippen LogP contribution in [-0.2, 0) is 6.61 Å². The first-order valence-electron chi connectivity index (χ1n) is 8.63. The van der Waals surface area contributed by atoms with Crippen molar-refractivity contribution >= 4 is 23.5 Å². The molecular formula is C21H20N6O. The molecule has 1 heterocycles. The minimum atomic E-state index is 0.0588. The van der Waals surface area contributed by atoms with E-state index in [1.807, 2.05) is 54.6 Å². The topological polar surface area (TPSA) is 101 Å². The van der Waals surface area contributed by atoms with Crippen molar-refractivity contribution in [1.29, 1.82) is 5.26 Å². The third-order valence-electron chi connectivity index (χ3n) is 3.86. The van der Waals surface area contributed by atoms with Crippen LogP contribution in [0.1, 0.15) is 17.0 Å². The highest BCUT2D eigenvalue weighted by Gasteiger charge is 2.12. The van der Waals surface area contributed by atoms with Crippen molar-refractivity contribution in [3.8, 4) is 11.8 Å². The summed E-state index contributed by atoms with van der Waals surface area (Å²) in [6.07, 6.45) is 1.69. The Morgan fingerprint density at radius 3 is 2.50 bits per heavy atom. The van der Waals surface area contributed by atoms with Crippen LogP contribution in [0.15, 0.2) is 54.6 Å². The van der Waals surface area contributed by atoms with Crippen LogP contribution in [0.4, 0.5) is 11.9 Å². The Balaban J connectivity index is 1.92. The molecule has 0 saturated carbocycles. The monoisotopic (exact) mass is 372 g/mol. The van der Waals surface area contributed by atoms with Crippen molar-refractivity contribution in [3.05, 3.63) is 71.5 Å². The number of hydrogen-bond acceptors (Lipinski definition) is 7. The zero-order valence-electron chi connectivity index (χ0n) is 15.7. The van der Waals surface area contributed by atoms with Gasteiger partial charge in [0.25, 0.3) is 0 Å². The summed E-state index contributed by atoms with van der Waals surface area (Å²) < 4.78 is 5.95. The fourth-order valence-corrected chi connectivity index (χ4v) is 2.47. The largest absolute Gasteiger partial charge is 0.488 e. The second-order valence-corrected chi connectivity index (χ2v) is 6.19. The molecule has 2 N–H and O–H groups in total. The number of aromatic nitrogens is 3. The molecule has 0 aliphatic rings. The number of hydrogen-bond donors (Lipinski definition) is 1. The lowest BCUT2D eigenvalue weighted by molar-refractivity contribution is 0.305. The maximum Gasteiger partial charge on any atom is 0.230 e. The van der Waals surface area contributed by atoms with Crippen LogP contribution in [0.2, 0.25) is 0 Å². The summed E-state index contributed by atoms with van der Waals surface area (Å²) in [7, 11) is 3.59. The third-order valence-corrected chi connectivity index (χ3v) is 3.86. The molecule has 7 nitrogen and oxygen atoms in total. The summed E-state index contributed by atoms with van der Waals surface area (Å²) in [5.74, 6) is 1.33. The van der Waals surface area contributed by atoms with E-state index in [1.165, 1.54) is 0 Å². The van der Waals surface area contributed by atoms with Crippen molar-refractivity contribution in [2.24, 2.45) is 0 Å². The molecule has 28 heavy (non-hydrogen) atoms. The summed E-state index contributed by atoms with van der Waals surface area (Å²) >= 11 is 0. The van der Waals surface area contributed by atoms with Gasteiger partial charge in [-0.3, -0.25) is 0 Å². The Labute approximate surface area is 163 Å². The molecule has 0 spiro atoms. The first-order chi connectivity index (χ1) is 13.6. The molecule has 3 aromatic rings. The lowest BCUT2D eigenvalue weighted by Gasteiger charge is -2.12. The summed E-state index contributed by atoms with van der Waals surface area (Å²) in [6, 6.07) is 19.5. The molecule has 2 aromatic carbocycles. The number of nitriles is 1. The lowest BCUT2D eigenvalue weighted by atomic mass is 10.1. The van der Waals surface area contributed by atoms with E-state index in [0.717, 1.165) is 11.1 Å². The molecule has 7 heteroatoms. The number of para-hydroxylation sites is 1. The standard InChI is InChI=1S/C21H20N6O/c1-27(2)21-25-19(24-20(23)26-21)17(13-22)12-16-10-6-7-11-18(16)28-14-15-8-4-3-5-9-15/h3-12H,14H2,1-2H3,(H2,23,24,25,26)/b17-12+. The van der Waals surface area contributed by atoms with Crippen molar-refractivity contribution in [2.45, 2.75) is 6.61 Å².